The Bertz CT molecular complexity index is 593. The van der Waals surface area contributed by atoms with Crippen molar-refractivity contribution < 1.29 is 9.59 Å². The van der Waals surface area contributed by atoms with Crippen molar-refractivity contribution in [1.29, 1.82) is 0 Å². The van der Waals surface area contributed by atoms with Crippen LogP contribution < -0.4 is 10.2 Å². The minimum atomic E-state index is -0.114. The summed E-state index contributed by atoms with van der Waals surface area (Å²) in [4.78, 5) is 28.4. The molecule has 1 saturated carbocycles. The highest BCUT2D eigenvalue weighted by Crippen LogP contribution is 2.24. The van der Waals surface area contributed by atoms with Crippen molar-refractivity contribution in [2.45, 2.75) is 57.5 Å². The molecule has 1 heterocycles. The molecule has 1 aromatic carbocycles. The van der Waals surface area contributed by atoms with Gasteiger partial charge in [0.2, 0.25) is 5.91 Å². The predicted octanol–water partition coefficient (Wildman–Crippen LogP) is 3.07. The molecular weight excluding hydrogens is 302 g/mol. The fraction of sp³-hybridized carbons (Fsp3) is 0.579. The molecule has 2 aliphatic rings. The minimum Gasteiger partial charge on any atom is -0.333 e. The maximum atomic E-state index is 12.5. The smallest absolute Gasteiger partial charge is 0.317 e. The molecule has 0 radical (unpaired) electrons. The zero-order valence-corrected chi connectivity index (χ0v) is 14.6. The number of carbonyl (C=O) groups excluding carboxylic acids is 2. The molecule has 1 aliphatic heterocycles. The fourth-order valence-electron chi connectivity index (χ4n) is 3.69. The van der Waals surface area contributed by atoms with E-state index in [1.165, 1.54) is 24.8 Å². The maximum absolute atomic E-state index is 12.5. The van der Waals surface area contributed by atoms with Crippen LogP contribution in [0.25, 0.3) is 0 Å². The van der Waals surface area contributed by atoms with Crippen molar-refractivity contribution >= 4 is 17.6 Å². The number of anilines is 1. The molecule has 5 nitrogen and oxygen atoms in total. The largest absolute Gasteiger partial charge is 0.333 e. The Balaban J connectivity index is 1.57. The third-order valence-electron chi connectivity index (χ3n) is 5.24. The summed E-state index contributed by atoms with van der Waals surface area (Å²) in [5, 5.41) is 3.04. The van der Waals surface area contributed by atoms with Gasteiger partial charge in [-0.2, -0.15) is 0 Å². The molecule has 1 saturated heterocycles. The van der Waals surface area contributed by atoms with Crippen molar-refractivity contribution in [3.63, 3.8) is 0 Å². The van der Waals surface area contributed by atoms with Crippen LogP contribution in [0.3, 0.4) is 0 Å². The van der Waals surface area contributed by atoms with E-state index in [0.717, 1.165) is 18.5 Å². The summed E-state index contributed by atoms with van der Waals surface area (Å²) in [7, 11) is 1.87. The van der Waals surface area contributed by atoms with Gasteiger partial charge in [-0.1, -0.05) is 37.0 Å². The zero-order valence-electron chi connectivity index (χ0n) is 14.6. The van der Waals surface area contributed by atoms with Crippen molar-refractivity contribution in [3.05, 3.63) is 29.8 Å². The number of nitrogens with one attached hydrogen (secondary N) is 1. The Morgan fingerprint density at radius 2 is 1.83 bits per heavy atom. The van der Waals surface area contributed by atoms with Crippen LogP contribution in [0.2, 0.25) is 0 Å². The van der Waals surface area contributed by atoms with Gasteiger partial charge in [-0.25, -0.2) is 4.79 Å². The number of urea groups is 1. The molecule has 1 atom stereocenters. The molecule has 0 bridgehead atoms. The normalized spacial score (nSPS) is 21.8. The van der Waals surface area contributed by atoms with Crippen LogP contribution in [-0.4, -0.2) is 42.5 Å². The summed E-state index contributed by atoms with van der Waals surface area (Å²) in [6.07, 6.45) is 6.22. The second-order valence-corrected chi connectivity index (χ2v) is 7.09. The van der Waals surface area contributed by atoms with Crippen molar-refractivity contribution in [3.8, 4) is 0 Å². The van der Waals surface area contributed by atoms with E-state index in [2.05, 4.69) is 5.32 Å². The van der Waals surface area contributed by atoms with Gasteiger partial charge in [0.05, 0.1) is 6.04 Å². The van der Waals surface area contributed by atoms with Gasteiger partial charge in [-0.3, -0.25) is 4.79 Å². The van der Waals surface area contributed by atoms with Gasteiger partial charge in [0, 0.05) is 31.7 Å². The van der Waals surface area contributed by atoms with E-state index >= 15 is 0 Å². The molecule has 130 valence electrons. The van der Waals surface area contributed by atoms with E-state index in [1.54, 1.807) is 4.90 Å². The third-order valence-corrected chi connectivity index (χ3v) is 5.24. The number of aryl methyl sites for hydroxylation is 1. The SMILES string of the molecule is Cc1ccc(N2CC(NC(=O)N(C)C3CCCCC3)CC2=O)cc1. The summed E-state index contributed by atoms with van der Waals surface area (Å²) in [6, 6.07) is 8.11. The van der Waals surface area contributed by atoms with Crippen molar-refractivity contribution in [2.24, 2.45) is 0 Å². The standard InChI is InChI=1S/C19H27N3O2/c1-14-8-10-17(11-9-14)22-13-15(12-18(22)23)20-19(24)21(2)16-6-4-3-5-7-16/h8-11,15-16H,3-7,12-13H2,1-2H3,(H,20,24). The lowest BCUT2D eigenvalue weighted by molar-refractivity contribution is -0.117. The van der Waals surface area contributed by atoms with E-state index in [9.17, 15) is 9.59 Å². The van der Waals surface area contributed by atoms with Crippen molar-refractivity contribution in [1.82, 2.24) is 10.2 Å². The summed E-state index contributed by atoms with van der Waals surface area (Å²) < 4.78 is 0. The monoisotopic (exact) mass is 329 g/mol. The molecule has 1 unspecified atom stereocenters. The lowest BCUT2D eigenvalue weighted by atomic mass is 9.95. The lowest BCUT2D eigenvalue weighted by Crippen LogP contribution is -2.48. The fourth-order valence-corrected chi connectivity index (χ4v) is 3.69. The van der Waals surface area contributed by atoms with Gasteiger partial charge in [0.25, 0.3) is 0 Å². The molecule has 1 aliphatic carbocycles. The Morgan fingerprint density at radius 3 is 2.50 bits per heavy atom. The van der Waals surface area contributed by atoms with Gasteiger partial charge < -0.3 is 15.1 Å². The second-order valence-electron chi connectivity index (χ2n) is 7.09. The highest BCUT2D eigenvalue weighted by Gasteiger charge is 2.33. The predicted molar refractivity (Wildman–Crippen MR) is 95.1 cm³/mol. The second kappa shape index (κ2) is 7.24. The molecule has 0 spiro atoms. The van der Waals surface area contributed by atoms with Gasteiger partial charge in [0.1, 0.15) is 0 Å². The number of rotatable bonds is 3. The first-order valence-corrected chi connectivity index (χ1v) is 8.95. The average molecular weight is 329 g/mol. The first kappa shape index (κ1) is 16.8. The number of amides is 3. The quantitative estimate of drug-likeness (QED) is 0.926. The summed E-state index contributed by atoms with van der Waals surface area (Å²) in [6.45, 7) is 2.58. The Morgan fingerprint density at radius 1 is 1.17 bits per heavy atom. The number of hydrogen-bond acceptors (Lipinski definition) is 2. The topological polar surface area (TPSA) is 52.7 Å². The number of carbonyl (C=O) groups is 2. The van der Waals surface area contributed by atoms with Crippen LogP contribution in [0.1, 0.15) is 44.1 Å². The maximum Gasteiger partial charge on any atom is 0.317 e. The number of hydrogen-bond donors (Lipinski definition) is 1. The van der Waals surface area contributed by atoms with E-state index in [1.807, 2.05) is 43.1 Å². The van der Waals surface area contributed by atoms with Gasteiger partial charge in [-0.15, -0.1) is 0 Å². The van der Waals surface area contributed by atoms with Crippen LogP contribution in [0.5, 0.6) is 0 Å². The van der Waals surface area contributed by atoms with E-state index in [0.29, 0.717) is 19.0 Å². The van der Waals surface area contributed by atoms with Crippen LogP contribution >= 0.6 is 0 Å². The molecule has 1 aromatic rings. The van der Waals surface area contributed by atoms with Crippen LogP contribution in [-0.2, 0) is 4.79 Å². The minimum absolute atomic E-state index is 0.0505. The summed E-state index contributed by atoms with van der Waals surface area (Å²) in [5.74, 6) is 0.0736. The van der Waals surface area contributed by atoms with E-state index in [-0.39, 0.29) is 18.0 Å². The molecule has 0 aromatic heterocycles. The molecule has 5 heteroatoms. The number of benzene rings is 1. The van der Waals surface area contributed by atoms with Crippen molar-refractivity contribution in [2.75, 3.05) is 18.5 Å². The Hall–Kier alpha value is -2.04. The Kier molecular flexibility index (Phi) is 5.07. The first-order chi connectivity index (χ1) is 11.5. The highest BCUT2D eigenvalue weighted by atomic mass is 16.2. The summed E-state index contributed by atoms with van der Waals surface area (Å²) in [5.41, 5.74) is 2.08. The molecule has 2 fully saturated rings. The molecule has 3 amide bonds. The molecule has 1 N–H and O–H groups in total. The van der Waals surface area contributed by atoms with Gasteiger partial charge in [0.15, 0.2) is 0 Å². The molecular formula is C19H27N3O2. The van der Waals surface area contributed by atoms with Gasteiger partial charge in [-0.05, 0) is 31.9 Å². The lowest BCUT2D eigenvalue weighted by Gasteiger charge is -2.32. The van der Waals surface area contributed by atoms with Gasteiger partial charge >= 0.3 is 6.03 Å². The average Bonchev–Trinajstić information content (AvgIpc) is 2.96. The molecule has 3 rings (SSSR count). The highest BCUT2D eigenvalue weighted by molar-refractivity contribution is 5.96. The molecule has 24 heavy (non-hydrogen) atoms. The van der Waals surface area contributed by atoms with E-state index < -0.39 is 0 Å². The third kappa shape index (κ3) is 3.71. The zero-order chi connectivity index (χ0) is 17.1. The summed E-state index contributed by atoms with van der Waals surface area (Å²) >= 11 is 0. The number of nitrogens with zero attached hydrogens (tertiary/aromatic N) is 2. The van der Waals surface area contributed by atoms with Crippen LogP contribution in [0.15, 0.2) is 24.3 Å². The van der Waals surface area contributed by atoms with Crippen LogP contribution in [0, 0.1) is 6.92 Å². The van der Waals surface area contributed by atoms with E-state index in [4.69, 9.17) is 0 Å². The Labute approximate surface area is 144 Å². The first-order valence-electron chi connectivity index (χ1n) is 8.95. The van der Waals surface area contributed by atoms with Crippen LogP contribution in [0.4, 0.5) is 10.5 Å².